The summed E-state index contributed by atoms with van der Waals surface area (Å²) in [7, 11) is 0. The number of aromatic nitrogens is 3. The zero-order valence-corrected chi connectivity index (χ0v) is 11.7. The highest BCUT2D eigenvalue weighted by Gasteiger charge is 2.31. The summed E-state index contributed by atoms with van der Waals surface area (Å²) in [5.41, 5.74) is 3.45. The molecule has 21 heavy (non-hydrogen) atoms. The molecule has 0 saturated carbocycles. The molecule has 5 heteroatoms. The first kappa shape index (κ1) is 12.1. The molecular formula is C16H9N3OS. The lowest BCUT2D eigenvalue weighted by molar-refractivity contribution is 0.103. The van der Waals surface area contributed by atoms with Gasteiger partial charge in [0.1, 0.15) is 0 Å². The molecule has 0 amide bonds. The molecule has 0 spiro atoms. The standard InChI is InChI=1S/C16H9N3OS/c20-15-12-9-5-4-8-11(12)14-13(15)17-18-16(21)19(14)10-6-2-1-3-7-10/h1-9H. The molecule has 100 valence electrons. The average Bonchev–Trinajstić information content (AvgIpc) is 2.82. The van der Waals surface area contributed by atoms with Crippen molar-refractivity contribution in [2.45, 2.75) is 0 Å². The predicted molar refractivity (Wildman–Crippen MR) is 81.1 cm³/mol. The highest BCUT2D eigenvalue weighted by atomic mass is 32.1. The van der Waals surface area contributed by atoms with E-state index in [4.69, 9.17) is 12.2 Å². The van der Waals surface area contributed by atoms with Gasteiger partial charge in [0.05, 0.1) is 5.69 Å². The van der Waals surface area contributed by atoms with Crippen LogP contribution in [0.25, 0.3) is 16.9 Å². The molecular weight excluding hydrogens is 282 g/mol. The van der Waals surface area contributed by atoms with Crippen molar-refractivity contribution in [1.29, 1.82) is 0 Å². The fourth-order valence-corrected chi connectivity index (χ4v) is 2.86. The first-order chi connectivity index (χ1) is 10.3. The second-order valence-electron chi connectivity index (χ2n) is 4.73. The lowest BCUT2D eigenvalue weighted by Crippen LogP contribution is -2.08. The van der Waals surface area contributed by atoms with Crippen molar-refractivity contribution in [2.75, 3.05) is 0 Å². The molecule has 0 radical (unpaired) electrons. The summed E-state index contributed by atoms with van der Waals surface area (Å²) in [6.07, 6.45) is 0. The Balaban J connectivity index is 2.14. The van der Waals surface area contributed by atoms with E-state index >= 15 is 0 Å². The summed E-state index contributed by atoms with van der Waals surface area (Å²) >= 11 is 5.32. The van der Waals surface area contributed by atoms with Crippen molar-refractivity contribution in [3.05, 3.63) is 70.6 Å². The second kappa shape index (κ2) is 4.43. The number of ketones is 1. The van der Waals surface area contributed by atoms with Gasteiger partial charge in [-0.3, -0.25) is 9.36 Å². The Morgan fingerprint density at radius 2 is 1.52 bits per heavy atom. The summed E-state index contributed by atoms with van der Waals surface area (Å²) in [5.74, 6) is -0.104. The van der Waals surface area contributed by atoms with Gasteiger partial charge < -0.3 is 0 Å². The number of benzene rings is 2. The van der Waals surface area contributed by atoms with Gasteiger partial charge in [-0.05, 0) is 24.4 Å². The molecule has 0 aliphatic heterocycles. The molecule has 0 atom stereocenters. The van der Waals surface area contributed by atoms with E-state index in [0.717, 1.165) is 16.9 Å². The third kappa shape index (κ3) is 1.68. The van der Waals surface area contributed by atoms with Gasteiger partial charge in [-0.15, -0.1) is 10.2 Å². The van der Waals surface area contributed by atoms with Crippen LogP contribution < -0.4 is 0 Å². The quantitative estimate of drug-likeness (QED) is 0.505. The first-order valence-corrected chi connectivity index (χ1v) is 6.87. The molecule has 0 unspecified atom stereocenters. The van der Waals surface area contributed by atoms with Crippen molar-refractivity contribution in [3.63, 3.8) is 0 Å². The van der Waals surface area contributed by atoms with E-state index in [2.05, 4.69) is 10.2 Å². The Morgan fingerprint density at radius 1 is 0.857 bits per heavy atom. The predicted octanol–water partition coefficient (Wildman–Crippen LogP) is 3.21. The van der Waals surface area contributed by atoms with Crippen LogP contribution in [-0.2, 0) is 0 Å². The average molecular weight is 291 g/mol. The topological polar surface area (TPSA) is 47.8 Å². The van der Waals surface area contributed by atoms with Gasteiger partial charge in [0.25, 0.3) is 0 Å². The summed E-state index contributed by atoms with van der Waals surface area (Å²) < 4.78 is 2.14. The third-order valence-electron chi connectivity index (χ3n) is 3.53. The number of fused-ring (bicyclic) bond motifs is 3. The van der Waals surface area contributed by atoms with Crippen molar-refractivity contribution >= 4 is 18.0 Å². The molecule has 3 aromatic rings. The van der Waals surface area contributed by atoms with Crippen molar-refractivity contribution in [3.8, 4) is 16.9 Å². The van der Waals surface area contributed by atoms with Crippen LogP contribution in [0, 0.1) is 4.77 Å². The van der Waals surface area contributed by atoms with E-state index in [1.54, 1.807) is 10.6 Å². The number of hydrogen-bond acceptors (Lipinski definition) is 4. The Labute approximate surface area is 125 Å². The molecule has 1 aliphatic carbocycles. The molecule has 0 fully saturated rings. The largest absolute Gasteiger partial charge is 0.287 e. The van der Waals surface area contributed by atoms with E-state index in [0.29, 0.717) is 16.0 Å². The fourth-order valence-electron chi connectivity index (χ4n) is 2.62. The van der Waals surface area contributed by atoms with Gasteiger partial charge in [0.2, 0.25) is 10.6 Å². The van der Waals surface area contributed by atoms with E-state index in [-0.39, 0.29) is 5.78 Å². The van der Waals surface area contributed by atoms with Gasteiger partial charge >= 0.3 is 0 Å². The minimum Gasteiger partial charge on any atom is -0.287 e. The number of rotatable bonds is 1. The Hall–Kier alpha value is -2.66. The number of carbonyl (C=O) groups is 1. The maximum Gasteiger partial charge on any atom is 0.225 e. The van der Waals surface area contributed by atoms with Crippen LogP contribution in [0.1, 0.15) is 16.1 Å². The minimum atomic E-state index is -0.104. The fraction of sp³-hybridized carbons (Fsp3) is 0. The van der Waals surface area contributed by atoms with E-state index < -0.39 is 0 Å². The van der Waals surface area contributed by atoms with Gasteiger partial charge in [-0.1, -0.05) is 42.5 Å². The molecule has 0 saturated heterocycles. The number of para-hydroxylation sites is 1. The van der Waals surface area contributed by atoms with Crippen molar-refractivity contribution in [1.82, 2.24) is 14.8 Å². The molecule has 0 bridgehead atoms. The Kier molecular flexibility index (Phi) is 2.55. The van der Waals surface area contributed by atoms with Crippen molar-refractivity contribution < 1.29 is 4.79 Å². The summed E-state index contributed by atoms with van der Waals surface area (Å²) in [6, 6.07) is 17.1. The lowest BCUT2D eigenvalue weighted by Gasteiger charge is -2.11. The molecule has 1 aliphatic rings. The smallest absolute Gasteiger partial charge is 0.225 e. The molecule has 1 heterocycles. The van der Waals surface area contributed by atoms with Crippen LogP contribution in [0.4, 0.5) is 0 Å². The third-order valence-corrected chi connectivity index (χ3v) is 3.80. The highest BCUT2D eigenvalue weighted by molar-refractivity contribution is 7.71. The first-order valence-electron chi connectivity index (χ1n) is 6.46. The maximum atomic E-state index is 12.4. The van der Waals surface area contributed by atoms with E-state index in [1.807, 2.05) is 48.5 Å². The van der Waals surface area contributed by atoms with Gasteiger partial charge in [-0.2, -0.15) is 0 Å². The summed E-state index contributed by atoms with van der Waals surface area (Å²) in [6.45, 7) is 0. The number of nitrogens with zero attached hydrogens (tertiary/aromatic N) is 3. The maximum absolute atomic E-state index is 12.4. The van der Waals surface area contributed by atoms with Crippen LogP contribution in [0.5, 0.6) is 0 Å². The molecule has 1 aromatic heterocycles. The van der Waals surface area contributed by atoms with Crippen LogP contribution in [0.3, 0.4) is 0 Å². The van der Waals surface area contributed by atoms with E-state index in [9.17, 15) is 4.79 Å². The van der Waals surface area contributed by atoms with Gasteiger partial charge in [0, 0.05) is 16.8 Å². The number of carbonyl (C=O) groups excluding carboxylic acids is 1. The molecule has 2 aromatic carbocycles. The molecule has 0 N–H and O–H groups in total. The van der Waals surface area contributed by atoms with Gasteiger partial charge in [0.15, 0.2) is 5.69 Å². The van der Waals surface area contributed by atoms with Crippen molar-refractivity contribution in [2.24, 2.45) is 0 Å². The van der Waals surface area contributed by atoms with E-state index in [1.165, 1.54) is 0 Å². The minimum absolute atomic E-state index is 0.104. The normalized spacial score (nSPS) is 12.1. The zero-order valence-electron chi connectivity index (χ0n) is 10.9. The van der Waals surface area contributed by atoms with Crippen LogP contribution in [0.2, 0.25) is 0 Å². The Bertz CT molecular complexity index is 932. The summed E-state index contributed by atoms with van der Waals surface area (Å²) in [4.78, 5) is 12.4. The molecule has 4 nitrogen and oxygen atoms in total. The zero-order chi connectivity index (χ0) is 14.4. The molecule has 4 rings (SSSR count). The van der Waals surface area contributed by atoms with Crippen LogP contribution in [0.15, 0.2) is 54.6 Å². The van der Waals surface area contributed by atoms with Gasteiger partial charge in [-0.25, -0.2) is 0 Å². The highest BCUT2D eigenvalue weighted by Crippen LogP contribution is 2.36. The Morgan fingerprint density at radius 3 is 2.29 bits per heavy atom. The van der Waals surface area contributed by atoms with Crippen LogP contribution in [-0.4, -0.2) is 20.5 Å². The second-order valence-corrected chi connectivity index (χ2v) is 5.09. The lowest BCUT2D eigenvalue weighted by atomic mass is 10.1. The van der Waals surface area contributed by atoms with Crippen LogP contribution >= 0.6 is 12.2 Å². The summed E-state index contributed by atoms with van der Waals surface area (Å²) in [5, 5.41) is 7.98. The SMILES string of the molecule is O=C1c2ccccc2-c2c1nnc(=S)n2-c1ccccc1. The number of hydrogen-bond donors (Lipinski definition) is 0. The monoisotopic (exact) mass is 291 g/mol.